The monoisotopic (exact) mass is 326 g/mol. The Labute approximate surface area is 139 Å². The van der Waals surface area contributed by atoms with Crippen molar-refractivity contribution in [2.75, 3.05) is 18.4 Å². The van der Waals surface area contributed by atoms with Gasteiger partial charge in [-0.1, -0.05) is 0 Å². The van der Waals surface area contributed by atoms with Crippen LogP contribution >= 0.6 is 11.3 Å². The van der Waals surface area contributed by atoms with Gasteiger partial charge in [0.2, 0.25) is 0 Å². The first-order valence-corrected chi connectivity index (χ1v) is 8.45. The van der Waals surface area contributed by atoms with Gasteiger partial charge in [0.05, 0.1) is 5.39 Å². The summed E-state index contributed by atoms with van der Waals surface area (Å²) >= 11 is 1.59. The van der Waals surface area contributed by atoms with E-state index in [-0.39, 0.29) is 5.91 Å². The number of benzene rings is 1. The standard InChI is InChI=1S/C17H18N4OS/c1-3-21(4-2)17(22)12-5-7-13(8-6-12)20-15-14-9-10-23-16(14)19-11-18-15/h5-11H,3-4H2,1-2H3,(H,18,19,20). The highest BCUT2D eigenvalue weighted by molar-refractivity contribution is 7.16. The van der Waals surface area contributed by atoms with Gasteiger partial charge in [0.25, 0.3) is 5.91 Å². The SMILES string of the molecule is CCN(CC)C(=O)c1ccc(Nc2ncnc3sccc23)cc1. The number of hydrogen-bond acceptors (Lipinski definition) is 5. The molecular weight excluding hydrogens is 308 g/mol. The number of amides is 1. The zero-order valence-corrected chi connectivity index (χ0v) is 13.9. The van der Waals surface area contributed by atoms with Crippen molar-refractivity contribution >= 4 is 39.0 Å². The Morgan fingerprint density at radius 1 is 1.13 bits per heavy atom. The summed E-state index contributed by atoms with van der Waals surface area (Å²) in [5, 5.41) is 6.28. The Morgan fingerprint density at radius 2 is 1.87 bits per heavy atom. The minimum atomic E-state index is 0.0591. The largest absolute Gasteiger partial charge is 0.340 e. The minimum Gasteiger partial charge on any atom is -0.340 e. The van der Waals surface area contributed by atoms with Gasteiger partial charge < -0.3 is 10.2 Å². The third-order valence-electron chi connectivity index (χ3n) is 3.71. The van der Waals surface area contributed by atoms with Gasteiger partial charge in [0.1, 0.15) is 17.0 Å². The first-order chi connectivity index (χ1) is 11.2. The highest BCUT2D eigenvalue weighted by Crippen LogP contribution is 2.26. The van der Waals surface area contributed by atoms with Gasteiger partial charge in [-0.05, 0) is 49.6 Å². The summed E-state index contributed by atoms with van der Waals surface area (Å²) in [6.45, 7) is 5.40. The molecule has 2 aromatic heterocycles. The number of carbonyl (C=O) groups is 1. The van der Waals surface area contributed by atoms with Crippen molar-refractivity contribution < 1.29 is 4.79 Å². The van der Waals surface area contributed by atoms with E-state index < -0.39 is 0 Å². The van der Waals surface area contributed by atoms with Crippen LogP contribution in [0.15, 0.2) is 42.0 Å². The lowest BCUT2D eigenvalue weighted by Crippen LogP contribution is -2.30. The number of carbonyl (C=O) groups excluding carboxylic acids is 1. The van der Waals surface area contributed by atoms with Crippen LogP contribution < -0.4 is 5.32 Å². The molecule has 0 unspecified atom stereocenters. The Balaban J connectivity index is 1.80. The maximum Gasteiger partial charge on any atom is 0.253 e. The molecule has 3 rings (SSSR count). The van der Waals surface area contributed by atoms with Crippen molar-refractivity contribution in [3.63, 3.8) is 0 Å². The second-order valence-electron chi connectivity index (χ2n) is 5.04. The zero-order chi connectivity index (χ0) is 16.2. The molecule has 0 spiro atoms. The predicted molar refractivity (Wildman–Crippen MR) is 94.4 cm³/mol. The Kier molecular flexibility index (Phi) is 4.52. The molecule has 23 heavy (non-hydrogen) atoms. The smallest absolute Gasteiger partial charge is 0.253 e. The molecule has 0 saturated carbocycles. The fourth-order valence-corrected chi connectivity index (χ4v) is 3.15. The number of thiophene rings is 1. The average Bonchev–Trinajstić information content (AvgIpc) is 3.06. The van der Waals surface area contributed by atoms with E-state index in [1.54, 1.807) is 17.7 Å². The van der Waals surface area contributed by atoms with Crippen LogP contribution in [-0.4, -0.2) is 33.9 Å². The molecule has 1 N–H and O–H groups in total. The fraction of sp³-hybridized carbons (Fsp3) is 0.235. The summed E-state index contributed by atoms with van der Waals surface area (Å²) in [6, 6.07) is 9.48. The minimum absolute atomic E-state index is 0.0591. The van der Waals surface area contributed by atoms with Crippen LogP contribution in [-0.2, 0) is 0 Å². The Hall–Kier alpha value is -2.47. The summed E-state index contributed by atoms with van der Waals surface area (Å²) in [5.74, 6) is 0.836. The second kappa shape index (κ2) is 6.75. The highest BCUT2D eigenvalue weighted by atomic mass is 32.1. The van der Waals surface area contributed by atoms with Gasteiger partial charge in [0, 0.05) is 24.3 Å². The molecule has 3 aromatic rings. The topological polar surface area (TPSA) is 58.1 Å². The van der Waals surface area contributed by atoms with E-state index >= 15 is 0 Å². The molecule has 1 amide bonds. The molecule has 6 heteroatoms. The van der Waals surface area contributed by atoms with Crippen LogP contribution in [0, 0.1) is 0 Å². The van der Waals surface area contributed by atoms with Gasteiger partial charge in [-0.3, -0.25) is 4.79 Å². The summed E-state index contributed by atoms with van der Waals surface area (Å²) in [6.07, 6.45) is 1.55. The molecule has 0 aliphatic heterocycles. The molecule has 2 heterocycles. The van der Waals surface area contributed by atoms with Crippen molar-refractivity contribution in [1.82, 2.24) is 14.9 Å². The molecule has 0 aliphatic carbocycles. The number of nitrogens with one attached hydrogen (secondary N) is 1. The van der Waals surface area contributed by atoms with Crippen LogP contribution in [0.5, 0.6) is 0 Å². The van der Waals surface area contributed by atoms with Crippen molar-refractivity contribution in [2.45, 2.75) is 13.8 Å². The average molecular weight is 326 g/mol. The van der Waals surface area contributed by atoms with Gasteiger partial charge >= 0.3 is 0 Å². The lowest BCUT2D eigenvalue weighted by Gasteiger charge is -2.18. The van der Waals surface area contributed by atoms with Crippen LogP contribution in [0.4, 0.5) is 11.5 Å². The Morgan fingerprint density at radius 3 is 2.57 bits per heavy atom. The van der Waals surface area contributed by atoms with E-state index in [0.717, 1.165) is 21.7 Å². The van der Waals surface area contributed by atoms with Crippen molar-refractivity contribution in [2.24, 2.45) is 0 Å². The molecule has 0 radical (unpaired) electrons. The number of aromatic nitrogens is 2. The van der Waals surface area contributed by atoms with Gasteiger partial charge in [-0.2, -0.15) is 0 Å². The normalized spacial score (nSPS) is 10.7. The van der Waals surface area contributed by atoms with Crippen LogP contribution in [0.25, 0.3) is 10.2 Å². The van der Waals surface area contributed by atoms with E-state index in [1.807, 2.05) is 54.5 Å². The quantitative estimate of drug-likeness (QED) is 0.772. The van der Waals surface area contributed by atoms with Gasteiger partial charge in [0.15, 0.2) is 0 Å². The summed E-state index contributed by atoms with van der Waals surface area (Å²) < 4.78 is 0. The lowest BCUT2D eigenvalue weighted by molar-refractivity contribution is 0.0773. The molecule has 0 bridgehead atoms. The van der Waals surface area contributed by atoms with Crippen molar-refractivity contribution in [3.05, 3.63) is 47.6 Å². The van der Waals surface area contributed by atoms with E-state index in [1.165, 1.54) is 0 Å². The third-order valence-corrected chi connectivity index (χ3v) is 4.53. The van der Waals surface area contributed by atoms with E-state index in [0.29, 0.717) is 18.7 Å². The van der Waals surface area contributed by atoms with Crippen molar-refractivity contribution in [3.8, 4) is 0 Å². The summed E-state index contributed by atoms with van der Waals surface area (Å²) in [7, 11) is 0. The number of rotatable bonds is 5. The molecule has 5 nitrogen and oxygen atoms in total. The van der Waals surface area contributed by atoms with Crippen LogP contribution in [0.3, 0.4) is 0 Å². The molecule has 118 valence electrons. The predicted octanol–water partition coefficient (Wildman–Crippen LogP) is 3.92. The maximum atomic E-state index is 12.3. The number of hydrogen-bond donors (Lipinski definition) is 1. The first-order valence-electron chi connectivity index (χ1n) is 7.57. The van der Waals surface area contributed by atoms with E-state index in [2.05, 4.69) is 15.3 Å². The first kappa shape index (κ1) is 15.4. The lowest BCUT2D eigenvalue weighted by atomic mass is 10.1. The molecule has 0 atom stereocenters. The second-order valence-corrected chi connectivity index (χ2v) is 5.94. The van der Waals surface area contributed by atoms with Crippen LogP contribution in [0.2, 0.25) is 0 Å². The van der Waals surface area contributed by atoms with Crippen LogP contribution in [0.1, 0.15) is 24.2 Å². The van der Waals surface area contributed by atoms with E-state index in [4.69, 9.17) is 0 Å². The summed E-state index contributed by atoms with van der Waals surface area (Å²) in [4.78, 5) is 23.6. The number of fused-ring (bicyclic) bond motifs is 1. The fourth-order valence-electron chi connectivity index (χ4n) is 2.42. The zero-order valence-electron chi connectivity index (χ0n) is 13.1. The number of anilines is 2. The summed E-state index contributed by atoms with van der Waals surface area (Å²) in [5.41, 5.74) is 1.59. The molecule has 0 aliphatic rings. The molecule has 0 saturated heterocycles. The number of nitrogens with zero attached hydrogens (tertiary/aromatic N) is 3. The van der Waals surface area contributed by atoms with Crippen molar-refractivity contribution in [1.29, 1.82) is 0 Å². The third kappa shape index (κ3) is 3.17. The van der Waals surface area contributed by atoms with Gasteiger partial charge in [-0.15, -0.1) is 11.3 Å². The van der Waals surface area contributed by atoms with Gasteiger partial charge in [-0.25, -0.2) is 9.97 Å². The molecule has 1 aromatic carbocycles. The Bertz CT molecular complexity index is 809. The van der Waals surface area contributed by atoms with E-state index in [9.17, 15) is 4.79 Å². The highest BCUT2D eigenvalue weighted by Gasteiger charge is 2.12. The molecular formula is C17H18N4OS. The molecule has 0 fully saturated rings. The maximum absolute atomic E-state index is 12.3.